The van der Waals surface area contributed by atoms with E-state index in [0.29, 0.717) is 25.1 Å². The lowest BCUT2D eigenvalue weighted by molar-refractivity contribution is -0.127. The molecule has 0 saturated carbocycles. The number of hydrogen-bond donors (Lipinski definition) is 3. The third-order valence-corrected chi connectivity index (χ3v) is 5.88. The number of rotatable bonds is 9. The smallest absolute Gasteiger partial charge is 0.224 e. The number of Topliss-reactive ketones (excluding diaryl/α,β-unsaturated/α-hetero) is 1. The molecule has 1 fully saturated rings. The molecule has 3 N–H and O–H groups in total. The Kier molecular flexibility index (Phi) is 7.11. The zero-order chi connectivity index (χ0) is 22.5. The summed E-state index contributed by atoms with van der Waals surface area (Å²) >= 11 is 0. The van der Waals surface area contributed by atoms with Gasteiger partial charge in [0.2, 0.25) is 11.8 Å². The van der Waals surface area contributed by atoms with Crippen molar-refractivity contribution in [2.24, 2.45) is 17.8 Å². The highest BCUT2D eigenvalue weighted by atomic mass is 16.2. The average molecular weight is 423 g/mol. The van der Waals surface area contributed by atoms with Crippen LogP contribution in [0, 0.1) is 36.0 Å². The third kappa shape index (κ3) is 5.52. The van der Waals surface area contributed by atoms with Crippen molar-refractivity contribution in [1.29, 1.82) is 5.26 Å². The number of aryl methyl sites for hydroxylation is 1. The lowest BCUT2D eigenvalue weighted by Crippen LogP contribution is -2.41. The molecule has 1 aliphatic rings. The zero-order valence-electron chi connectivity index (χ0n) is 18.3. The largest absolute Gasteiger partial charge is 0.356 e. The summed E-state index contributed by atoms with van der Waals surface area (Å²) in [6.07, 6.45) is 1.56. The monoisotopic (exact) mass is 422 g/mol. The first-order valence-corrected chi connectivity index (χ1v) is 10.9. The second-order valence-corrected chi connectivity index (χ2v) is 8.88. The van der Waals surface area contributed by atoms with Crippen LogP contribution < -0.4 is 10.6 Å². The summed E-state index contributed by atoms with van der Waals surface area (Å²) in [6.45, 7) is 6.59. The Bertz CT molecular complexity index is 1020. The van der Waals surface area contributed by atoms with Gasteiger partial charge in [-0.2, -0.15) is 5.26 Å². The van der Waals surface area contributed by atoms with E-state index >= 15 is 0 Å². The Morgan fingerprint density at radius 1 is 1.32 bits per heavy atom. The molecule has 2 amide bonds. The van der Waals surface area contributed by atoms with Gasteiger partial charge in [-0.3, -0.25) is 14.4 Å². The van der Waals surface area contributed by atoms with Crippen molar-refractivity contribution in [3.8, 4) is 6.07 Å². The van der Waals surface area contributed by atoms with Crippen LogP contribution in [0.15, 0.2) is 24.3 Å². The maximum absolute atomic E-state index is 13.0. The van der Waals surface area contributed by atoms with Gasteiger partial charge in [0.05, 0.1) is 11.8 Å². The second kappa shape index (κ2) is 9.78. The van der Waals surface area contributed by atoms with Crippen LogP contribution in [0.4, 0.5) is 0 Å². The van der Waals surface area contributed by atoms with Crippen LogP contribution in [0.2, 0.25) is 0 Å². The van der Waals surface area contributed by atoms with Crippen LogP contribution in [0.1, 0.15) is 55.6 Å². The predicted octanol–water partition coefficient (Wildman–Crippen LogP) is 3.25. The summed E-state index contributed by atoms with van der Waals surface area (Å²) < 4.78 is 0. The summed E-state index contributed by atoms with van der Waals surface area (Å²) in [7, 11) is 0. The zero-order valence-corrected chi connectivity index (χ0v) is 18.3. The van der Waals surface area contributed by atoms with E-state index in [-0.39, 0.29) is 42.3 Å². The second-order valence-electron chi connectivity index (χ2n) is 8.88. The van der Waals surface area contributed by atoms with Crippen LogP contribution in [0.25, 0.3) is 10.9 Å². The molecule has 7 heteroatoms. The molecular formula is C24H30N4O3. The maximum atomic E-state index is 13.0. The number of nitrogens with one attached hydrogen (secondary N) is 3. The minimum absolute atomic E-state index is 0.0674. The predicted molar refractivity (Wildman–Crippen MR) is 118 cm³/mol. The average Bonchev–Trinajstić information content (AvgIpc) is 3.33. The summed E-state index contributed by atoms with van der Waals surface area (Å²) in [6, 6.07) is 9.05. The van der Waals surface area contributed by atoms with Crippen LogP contribution in [0.3, 0.4) is 0 Å². The molecule has 2 heterocycles. The molecule has 0 bridgehead atoms. The van der Waals surface area contributed by atoms with Gasteiger partial charge in [-0.25, -0.2) is 0 Å². The van der Waals surface area contributed by atoms with Crippen molar-refractivity contribution in [3.05, 3.63) is 35.5 Å². The molecule has 3 rings (SSSR count). The molecule has 1 aromatic heterocycles. The Labute approximate surface area is 182 Å². The number of carbonyl (C=O) groups excluding carboxylic acids is 3. The number of ketones is 1. The fraction of sp³-hybridized carbons (Fsp3) is 0.500. The first-order chi connectivity index (χ1) is 14.8. The number of nitrogens with zero attached hydrogens (tertiary/aromatic N) is 1. The molecule has 3 atom stereocenters. The van der Waals surface area contributed by atoms with E-state index in [9.17, 15) is 19.6 Å². The van der Waals surface area contributed by atoms with Gasteiger partial charge in [-0.15, -0.1) is 0 Å². The van der Waals surface area contributed by atoms with E-state index in [2.05, 4.69) is 21.7 Å². The van der Waals surface area contributed by atoms with Gasteiger partial charge in [-0.1, -0.05) is 32.0 Å². The van der Waals surface area contributed by atoms with E-state index in [4.69, 9.17) is 0 Å². The summed E-state index contributed by atoms with van der Waals surface area (Å²) in [4.78, 5) is 40.9. The van der Waals surface area contributed by atoms with E-state index in [1.54, 1.807) is 0 Å². The van der Waals surface area contributed by atoms with Crippen molar-refractivity contribution in [1.82, 2.24) is 15.6 Å². The highest BCUT2D eigenvalue weighted by Gasteiger charge is 2.30. The Hall–Kier alpha value is -3.14. The number of carbonyl (C=O) groups is 3. The molecule has 31 heavy (non-hydrogen) atoms. The van der Waals surface area contributed by atoms with E-state index in [1.807, 2.05) is 45.0 Å². The molecule has 2 aromatic rings. The van der Waals surface area contributed by atoms with Crippen molar-refractivity contribution >= 4 is 28.5 Å². The normalized spacial score (nSPS) is 17.9. The summed E-state index contributed by atoms with van der Waals surface area (Å²) in [5.41, 5.74) is 2.47. The molecule has 1 aromatic carbocycles. The third-order valence-electron chi connectivity index (χ3n) is 5.88. The summed E-state index contributed by atoms with van der Waals surface area (Å²) in [5, 5.41) is 16.0. The van der Waals surface area contributed by atoms with Crippen molar-refractivity contribution in [3.63, 3.8) is 0 Å². The quantitative estimate of drug-likeness (QED) is 0.538. The molecular weight excluding hydrogens is 392 g/mol. The highest BCUT2D eigenvalue weighted by molar-refractivity contribution is 6.01. The van der Waals surface area contributed by atoms with E-state index < -0.39 is 12.0 Å². The van der Waals surface area contributed by atoms with Crippen LogP contribution in [-0.2, 0) is 9.59 Å². The molecule has 164 valence electrons. The topological polar surface area (TPSA) is 115 Å². The number of fused-ring (bicyclic) bond motifs is 1. The molecule has 1 aliphatic heterocycles. The molecule has 1 saturated heterocycles. The van der Waals surface area contributed by atoms with Crippen LogP contribution in [0.5, 0.6) is 0 Å². The lowest BCUT2D eigenvalue weighted by atomic mass is 9.90. The number of para-hydroxylation sites is 1. The fourth-order valence-electron chi connectivity index (χ4n) is 4.23. The minimum atomic E-state index is -0.748. The lowest BCUT2D eigenvalue weighted by Gasteiger charge is -2.21. The minimum Gasteiger partial charge on any atom is -0.356 e. The van der Waals surface area contributed by atoms with Crippen LogP contribution in [-0.4, -0.2) is 35.2 Å². The summed E-state index contributed by atoms with van der Waals surface area (Å²) in [5.74, 6) is -1.08. The highest BCUT2D eigenvalue weighted by Crippen LogP contribution is 2.23. The van der Waals surface area contributed by atoms with Gasteiger partial charge in [-0.05, 0) is 43.7 Å². The first kappa shape index (κ1) is 22.5. The van der Waals surface area contributed by atoms with Crippen molar-refractivity contribution in [2.45, 2.75) is 52.5 Å². The Morgan fingerprint density at radius 3 is 2.71 bits per heavy atom. The molecule has 0 unspecified atom stereocenters. The number of H-pyrrole nitrogens is 1. The van der Waals surface area contributed by atoms with E-state index in [1.165, 1.54) is 0 Å². The molecule has 7 nitrogen and oxygen atoms in total. The molecule has 0 spiro atoms. The van der Waals surface area contributed by atoms with Crippen molar-refractivity contribution in [2.75, 3.05) is 6.54 Å². The van der Waals surface area contributed by atoms with Gasteiger partial charge >= 0.3 is 0 Å². The Morgan fingerprint density at radius 2 is 2.10 bits per heavy atom. The standard InChI is InChI=1S/C24H30N4O3/c1-14(2)9-18(24(31)27-19(13-25)10-17-7-8-26-23(17)30)12-21(29)20-11-16-6-4-5-15(3)22(16)28-20/h4-6,11,14,17-19,28H,7-10,12H2,1-3H3,(H,26,30)(H,27,31)/t17-,18+,19-/m0/s1. The Balaban J connectivity index is 1.70. The first-order valence-electron chi connectivity index (χ1n) is 10.9. The number of aromatic amines is 1. The number of nitriles is 1. The van der Waals surface area contributed by atoms with Gasteiger partial charge < -0.3 is 15.6 Å². The number of amides is 2. The SMILES string of the molecule is Cc1cccc2cc(C(=O)C[C@@H](CC(C)C)C(=O)N[C@H](C#N)C[C@@H]3CCNC3=O)[nH]c12. The fourth-order valence-corrected chi connectivity index (χ4v) is 4.23. The molecule has 0 radical (unpaired) electrons. The number of benzene rings is 1. The number of aromatic nitrogens is 1. The van der Waals surface area contributed by atoms with E-state index in [0.717, 1.165) is 16.5 Å². The maximum Gasteiger partial charge on any atom is 0.224 e. The van der Waals surface area contributed by atoms with Crippen molar-refractivity contribution < 1.29 is 14.4 Å². The number of hydrogen-bond acceptors (Lipinski definition) is 4. The van der Waals surface area contributed by atoms with Crippen LogP contribution >= 0.6 is 0 Å². The van der Waals surface area contributed by atoms with Gasteiger partial charge in [0.25, 0.3) is 0 Å². The molecule has 0 aliphatic carbocycles. The van der Waals surface area contributed by atoms with Gasteiger partial charge in [0, 0.05) is 35.7 Å². The van der Waals surface area contributed by atoms with Gasteiger partial charge in [0.1, 0.15) is 6.04 Å². The van der Waals surface area contributed by atoms with Gasteiger partial charge in [0.15, 0.2) is 5.78 Å².